The molecular formula is C18H17FN2O2. The normalized spacial score (nSPS) is 19.0. The number of para-hydroxylation sites is 1. The van der Waals surface area contributed by atoms with E-state index in [1.807, 2.05) is 31.2 Å². The Hall–Kier alpha value is -2.69. The number of benzene rings is 2. The van der Waals surface area contributed by atoms with Crippen molar-refractivity contribution in [3.8, 4) is 0 Å². The minimum Gasteiger partial charge on any atom is -0.326 e. The van der Waals surface area contributed by atoms with Gasteiger partial charge in [-0.15, -0.1) is 0 Å². The lowest BCUT2D eigenvalue weighted by atomic mass is 10.2. The molecule has 4 nitrogen and oxygen atoms in total. The summed E-state index contributed by atoms with van der Waals surface area (Å²) in [5, 5.41) is 5.35. The molecule has 0 bridgehead atoms. The molecule has 2 unspecified atom stereocenters. The van der Waals surface area contributed by atoms with E-state index in [0.29, 0.717) is 6.42 Å². The average molecular weight is 312 g/mol. The van der Waals surface area contributed by atoms with Crippen LogP contribution in [0, 0.1) is 24.6 Å². The van der Waals surface area contributed by atoms with Crippen LogP contribution in [-0.4, -0.2) is 11.8 Å². The summed E-state index contributed by atoms with van der Waals surface area (Å²) in [6.07, 6.45) is 0.484. The number of anilines is 2. The fraction of sp³-hybridized carbons (Fsp3) is 0.222. The molecule has 1 fully saturated rings. The number of nitrogens with one attached hydrogen (secondary N) is 2. The second-order valence-electron chi connectivity index (χ2n) is 5.78. The van der Waals surface area contributed by atoms with Crippen LogP contribution in [0.25, 0.3) is 0 Å². The van der Waals surface area contributed by atoms with Crippen molar-refractivity contribution in [2.75, 3.05) is 10.6 Å². The van der Waals surface area contributed by atoms with Gasteiger partial charge < -0.3 is 10.6 Å². The van der Waals surface area contributed by atoms with Crippen LogP contribution >= 0.6 is 0 Å². The van der Waals surface area contributed by atoms with E-state index in [1.54, 1.807) is 12.1 Å². The van der Waals surface area contributed by atoms with Gasteiger partial charge in [0.15, 0.2) is 0 Å². The number of halogens is 1. The van der Waals surface area contributed by atoms with Crippen LogP contribution in [0.5, 0.6) is 0 Å². The van der Waals surface area contributed by atoms with Gasteiger partial charge in [0.2, 0.25) is 11.8 Å². The van der Waals surface area contributed by atoms with Gasteiger partial charge in [0.05, 0.1) is 17.5 Å². The maximum absolute atomic E-state index is 13.5. The molecular weight excluding hydrogens is 295 g/mol. The highest BCUT2D eigenvalue weighted by atomic mass is 19.1. The summed E-state index contributed by atoms with van der Waals surface area (Å²) in [5.41, 5.74) is 1.91. The van der Waals surface area contributed by atoms with Gasteiger partial charge in [-0.3, -0.25) is 9.59 Å². The third-order valence-electron chi connectivity index (χ3n) is 3.88. The van der Waals surface area contributed by atoms with Gasteiger partial charge in [0, 0.05) is 5.69 Å². The van der Waals surface area contributed by atoms with Gasteiger partial charge in [-0.05, 0) is 43.2 Å². The highest BCUT2D eigenvalue weighted by molar-refractivity contribution is 6.03. The predicted octanol–water partition coefficient (Wildman–Crippen LogP) is 3.35. The number of aryl methyl sites for hydroxylation is 1. The molecule has 118 valence electrons. The Kier molecular flexibility index (Phi) is 4.10. The maximum atomic E-state index is 13.5. The molecule has 0 heterocycles. The molecule has 1 aliphatic rings. The van der Waals surface area contributed by atoms with Crippen LogP contribution in [0.3, 0.4) is 0 Å². The van der Waals surface area contributed by atoms with E-state index in [1.165, 1.54) is 12.1 Å². The summed E-state index contributed by atoms with van der Waals surface area (Å²) in [5.74, 6) is -1.74. The topological polar surface area (TPSA) is 58.2 Å². The Labute approximate surface area is 133 Å². The maximum Gasteiger partial charge on any atom is 0.228 e. The second-order valence-corrected chi connectivity index (χ2v) is 5.78. The summed E-state index contributed by atoms with van der Waals surface area (Å²) in [7, 11) is 0. The van der Waals surface area contributed by atoms with E-state index in [2.05, 4.69) is 10.6 Å². The van der Waals surface area contributed by atoms with Crippen molar-refractivity contribution in [2.24, 2.45) is 11.8 Å². The molecule has 5 heteroatoms. The quantitative estimate of drug-likeness (QED) is 0.909. The molecule has 2 aromatic carbocycles. The minimum absolute atomic E-state index is 0.141. The monoisotopic (exact) mass is 312 g/mol. The molecule has 2 aromatic rings. The summed E-state index contributed by atoms with van der Waals surface area (Å²) in [6, 6.07) is 13.5. The lowest BCUT2D eigenvalue weighted by Crippen LogP contribution is -2.21. The minimum atomic E-state index is -0.484. The molecule has 3 rings (SSSR count). The number of carbonyl (C=O) groups excluding carboxylic acids is 2. The van der Waals surface area contributed by atoms with Crippen LogP contribution in [0.1, 0.15) is 12.0 Å². The summed E-state index contributed by atoms with van der Waals surface area (Å²) in [4.78, 5) is 24.2. The van der Waals surface area contributed by atoms with Gasteiger partial charge >= 0.3 is 0 Å². The van der Waals surface area contributed by atoms with Crippen molar-refractivity contribution in [3.63, 3.8) is 0 Å². The Bertz CT molecular complexity index is 760. The van der Waals surface area contributed by atoms with Gasteiger partial charge in [0.25, 0.3) is 0 Å². The third kappa shape index (κ3) is 3.56. The highest BCUT2D eigenvalue weighted by Gasteiger charge is 2.48. The molecule has 2 atom stereocenters. The van der Waals surface area contributed by atoms with Crippen molar-refractivity contribution in [3.05, 3.63) is 59.9 Å². The van der Waals surface area contributed by atoms with Crippen molar-refractivity contribution in [1.82, 2.24) is 0 Å². The smallest absolute Gasteiger partial charge is 0.228 e. The molecule has 0 radical (unpaired) electrons. The van der Waals surface area contributed by atoms with E-state index in [9.17, 15) is 14.0 Å². The molecule has 0 aromatic heterocycles. The van der Waals surface area contributed by atoms with E-state index in [4.69, 9.17) is 0 Å². The molecule has 0 aliphatic heterocycles. The average Bonchev–Trinajstić information content (AvgIpc) is 3.30. The first-order valence-corrected chi connectivity index (χ1v) is 7.47. The fourth-order valence-corrected chi connectivity index (χ4v) is 2.52. The van der Waals surface area contributed by atoms with E-state index < -0.39 is 11.7 Å². The first kappa shape index (κ1) is 15.2. The van der Waals surface area contributed by atoms with E-state index in [0.717, 1.165) is 11.3 Å². The third-order valence-corrected chi connectivity index (χ3v) is 3.88. The van der Waals surface area contributed by atoms with Crippen LogP contribution < -0.4 is 10.6 Å². The number of hydrogen-bond acceptors (Lipinski definition) is 2. The SMILES string of the molecule is Cc1cccc(NC(=O)C2CC2C(=O)Nc2ccccc2F)c1. The Morgan fingerprint density at radius 1 is 1.00 bits per heavy atom. The van der Waals surface area contributed by atoms with Gasteiger partial charge in [-0.1, -0.05) is 24.3 Å². The van der Waals surface area contributed by atoms with Crippen molar-refractivity contribution >= 4 is 23.2 Å². The molecule has 2 N–H and O–H groups in total. The van der Waals surface area contributed by atoms with Gasteiger partial charge in [0.1, 0.15) is 5.82 Å². The van der Waals surface area contributed by atoms with Crippen LogP contribution in [0.4, 0.5) is 15.8 Å². The lowest BCUT2D eigenvalue weighted by Gasteiger charge is -2.07. The first-order valence-electron chi connectivity index (χ1n) is 7.47. The van der Waals surface area contributed by atoms with Crippen LogP contribution in [0.2, 0.25) is 0 Å². The molecule has 0 spiro atoms. The Morgan fingerprint density at radius 2 is 1.70 bits per heavy atom. The van der Waals surface area contributed by atoms with Crippen molar-refractivity contribution < 1.29 is 14.0 Å². The lowest BCUT2D eigenvalue weighted by molar-refractivity contribution is -0.122. The fourth-order valence-electron chi connectivity index (χ4n) is 2.52. The summed E-state index contributed by atoms with van der Waals surface area (Å²) >= 11 is 0. The summed E-state index contributed by atoms with van der Waals surface area (Å²) < 4.78 is 13.5. The zero-order chi connectivity index (χ0) is 16.4. The number of hydrogen-bond donors (Lipinski definition) is 2. The zero-order valence-corrected chi connectivity index (χ0v) is 12.7. The molecule has 2 amide bonds. The zero-order valence-electron chi connectivity index (χ0n) is 12.7. The Morgan fingerprint density at radius 3 is 2.39 bits per heavy atom. The van der Waals surface area contributed by atoms with E-state index in [-0.39, 0.29) is 23.4 Å². The first-order chi connectivity index (χ1) is 11.0. The number of rotatable bonds is 4. The van der Waals surface area contributed by atoms with Crippen molar-refractivity contribution in [2.45, 2.75) is 13.3 Å². The van der Waals surface area contributed by atoms with Crippen LogP contribution in [0.15, 0.2) is 48.5 Å². The molecule has 1 saturated carbocycles. The Balaban J connectivity index is 1.57. The standard InChI is InChI=1S/C18H17FN2O2/c1-11-5-4-6-12(9-11)20-17(22)13-10-14(13)18(23)21-16-8-3-2-7-15(16)19/h2-9,13-14H,10H2,1H3,(H,20,22)(H,21,23). The van der Waals surface area contributed by atoms with Gasteiger partial charge in [-0.2, -0.15) is 0 Å². The predicted molar refractivity (Wildman–Crippen MR) is 86.4 cm³/mol. The largest absolute Gasteiger partial charge is 0.326 e. The van der Waals surface area contributed by atoms with Crippen molar-refractivity contribution in [1.29, 1.82) is 0 Å². The second kappa shape index (κ2) is 6.20. The molecule has 1 aliphatic carbocycles. The number of amides is 2. The van der Waals surface area contributed by atoms with E-state index >= 15 is 0 Å². The van der Waals surface area contributed by atoms with Crippen LogP contribution in [-0.2, 0) is 9.59 Å². The number of carbonyl (C=O) groups is 2. The molecule has 0 saturated heterocycles. The molecule has 23 heavy (non-hydrogen) atoms. The highest BCUT2D eigenvalue weighted by Crippen LogP contribution is 2.40. The summed E-state index contributed by atoms with van der Waals surface area (Å²) in [6.45, 7) is 1.94. The van der Waals surface area contributed by atoms with Gasteiger partial charge in [-0.25, -0.2) is 4.39 Å².